The fraction of sp³-hybridized carbons (Fsp3) is 0.538. The van der Waals surface area contributed by atoms with Gasteiger partial charge in [0.05, 0.1) is 0 Å². The van der Waals surface area contributed by atoms with Gasteiger partial charge in [0, 0.05) is 28.2 Å². The number of benzene rings is 1. The van der Waals surface area contributed by atoms with E-state index >= 15 is 0 Å². The second-order valence-corrected chi connectivity index (χ2v) is 5.09. The summed E-state index contributed by atoms with van der Waals surface area (Å²) >= 11 is 6.29. The Morgan fingerprint density at radius 3 is 3.00 bits per heavy atom. The largest absolute Gasteiger partial charge is 0.384 e. The molecule has 1 N–H and O–H groups in total. The minimum Gasteiger partial charge on any atom is -0.384 e. The molecule has 0 aliphatic carbocycles. The standard InChI is InChI=1S/C13H18ClN/c1-3-4-8-13(2)9-15-11-7-5-6-10(14)12(11)13/h5-7,15H,3-4,8-9H2,1-2H3. The van der Waals surface area contributed by atoms with Crippen molar-refractivity contribution in [3.63, 3.8) is 0 Å². The second kappa shape index (κ2) is 4.05. The Balaban J connectivity index is 2.33. The Hall–Kier alpha value is -0.690. The van der Waals surface area contributed by atoms with Crippen molar-refractivity contribution in [3.8, 4) is 0 Å². The summed E-state index contributed by atoms with van der Waals surface area (Å²) in [5.41, 5.74) is 2.77. The van der Waals surface area contributed by atoms with Crippen molar-refractivity contribution < 1.29 is 0 Å². The summed E-state index contributed by atoms with van der Waals surface area (Å²) < 4.78 is 0. The van der Waals surface area contributed by atoms with Gasteiger partial charge in [-0.25, -0.2) is 0 Å². The van der Waals surface area contributed by atoms with Gasteiger partial charge in [0.2, 0.25) is 0 Å². The third-order valence-corrected chi connectivity index (χ3v) is 3.68. The van der Waals surface area contributed by atoms with E-state index < -0.39 is 0 Å². The molecule has 82 valence electrons. The van der Waals surface area contributed by atoms with Crippen molar-refractivity contribution in [3.05, 3.63) is 28.8 Å². The fourth-order valence-corrected chi connectivity index (χ4v) is 2.85. The first-order valence-electron chi connectivity index (χ1n) is 5.70. The summed E-state index contributed by atoms with van der Waals surface area (Å²) in [6.07, 6.45) is 3.73. The molecule has 0 fully saturated rings. The molecular formula is C13H18ClN. The minimum absolute atomic E-state index is 0.226. The second-order valence-electron chi connectivity index (χ2n) is 4.68. The van der Waals surface area contributed by atoms with Crippen LogP contribution in [-0.4, -0.2) is 6.54 Å². The number of hydrogen-bond acceptors (Lipinski definition) is 1. The highest BCUT2D eigenvalue weighted by atomic mass is 35.5. The van der Waals surface area contributed by atoms with E-state index in [0.717, 1.165) is 11.6 Å². The number of anilines is 1. The van der Waals surface area contributed by atoms with Crippen molar-refractivity contribution >= 4 is 17.3 Å². The molecule has 0 spiro atoms. The van der Waals surface area contributed by atoms with E-state index in [9.17, 15) is 0 Å². The van der Waals surface area contributed by atoms with Gasteiger partial charge in [-0.05, 0) is 18.6 Å². The topological polar surface area (TPSA) is 12.0 Å². The molecule has 15 heavy (non-hydrogen) atoms. The first-order valence-corrected chi connectivity index (χ1v) is 6.08. The lowest BCUT2D eigenvalue weighted by Crippen LogP contribution is -2.24. The summed E-state index contributed by atoms with van der Waals surface area (Å²) in [7, 11) is 0. The first-order chi connectivity index (χ1) is 7.17. The van der Waals surface area contributed by atoms with E-state index in [4.69, 9.17) is 11.6 Å². The Bertz CT molecular complexity index is 362. The fourth-order valence-electron chi connectivity index (χ4n) is 2.44. The Kier molecular flexibility index (Phi) is 2.92. The van der Waals surface area contributed by atoms with Gasteiger partial charge < -0.3 is 5.32 Å². The van der Waals surface area contributed by atoms with Gasteiger partial charge in [-0.1, -0.05) is 44.4 Å². The third kappa shape index (κ3) is 1.85. The first kappa shape index (κ1) is 10.8. The molecule has 1 atom stereocenters. The molecule has 1 aliphatic rings. The lowest BCUT2D eigenvalue weighted by Gasteiger charge is -2.24. The number of fused-ring (bicyclic) bond motifs is 1. The van der Waals surface area contributed by atoms with Crippen LogP contribution < -0.4 is 5.32 Å². The number of hydrogen-bond donors (Lipinski definition) is 1. The van der Waals surface area contributed by atoms with Gasteiger partial charge in [0.1, 0.15) is 0 Å². The van der Waals surface area contributed by atoms with Gasteiger partial charge in [0.25, 0.3) is 0 Å². The molecule has 1 aromatic carbocycles. The molecule has 0 saturated carbocycles. The summed E-state index contributed by atoms with van der Waals surface area (Å²) in [4.78, 5) is 0. The Morgan fingerprint density at radius 1 is 1.47 bits per heavy atom. The average Bonchev–Trinajstić information content (AvgIpc) is 2.56. The van der Waals surface area contributed by atoms with Crippen molar-refractivity contribution in [1.82, 2.24) is 0 Å². The van der Waals surface area contributed by atoms with Crippen LogP contribution in [0.25, 0.3) is 0 Å². The van der Waals surface area contributed by atoms with Crippen LogP contribution in [0.3, 0.4) is 0 Å². The molecule has 0 aromatic heterocycles. The Labute approximate surface area is 96.8 Å². The van der Waals surface area contributed by atoms with Crippen molar-refractivity contribution in [2.45, 2.75) is 38.5 Å². The monoisotopic (exact) mass is 223 g/mol. The third-order valence-electron chi connectivity index (χ3n) is 3.37. The van der Waals surface area contributed by atoms with Gasteiger partial charge in [-0.3, -0.25) is 0 Å². The lowest BCUT2D eigenvalue weighted by molar-refractivity contribution is 0.456. The molecule has 2 rings (SSSR count). The number of nitrogens with one attached hydrogen (secondary N) is 1. The predicted molar refractivity (Wildman–Crippen MR) is 66.8 cm³/mol. The van der Waals surface area contributed by atoms with E-state index in [1.165, 1.54) is 30.5 Å². The molecular weight excluding hydrogens is 206 g/mol. The number of unbranched alkanes of at least 4 members (excludes halogenated alkanes) is 1. The van der Waals surface area contributed by atoms with Crippen LogP contribution >= 0.6 is 11.6 Å². The molecule has 0 amide bonds. The summed E-state index contributed by atoms with van der Waals surface area (Å²) in [6.45, 7) is 5.57. The van der Waals surface area contributed by atoms with E-state index in [1.54, 1.807) is 0 Å². The van der Waals surface area contributed by atoms with Crippen LogP contribution in [0.15, 0.2) is 18.2 Å². The molecule has 0 radical (unpaired) electrons. The predicted octanol–water partition coefficient (Wildman–Crippen LogP) is 4.21. The number of halogens is 1. The molecule has 0 saturated heterocycles. The van der Waals surface area contributed by atoms with Crippen LogP contribution in [0.5, 0.6) is 0 Å². The maximum atomic E-state index is 6.29. The van der Waals surface area contributed by atoms with Gasteiger partial charge >= 0.3 is 0 Å². The molecule has 1 nitrogen and oxygen atoms in total. The maximum absolute atomic E-state index is 6.29. The van der Waals surface area contributed by atoms with E-state index in [1.807, 2.05) is 12.1 Å². The zero-order valence-corrected chi connectivity index (χ0v) is 10.2. The molecule has 1 unspecified atom stereocenters. The van der Waals surface area contributed by atoms with Crippen LogP contribution in [0.4, 0.5) is 5.69 Å². The highest BCUT2D eigenvalue weighted by Crippen LogP contribution is 2.43. The molecule has 2 heteroatoms. The SMILES string of the molecule is CCCCC1(C)CNc2cccc(Cl)c21. The normalized spacial score (nSPS) is 23.7. The van der Waals surface area contributed by atoms with Crippen LogP contribution in [0, 0.1) is 0 Å². The highest BCUT2D eigenvalue weighted by Gasteiger charge is 2.35. The van der Waals surface area contributed by atoms with Crippen LogP contribution in [-0.2, 0) is 5.41 Å². The van der Waals surface area contributed by atoms with Crippen LogP contribution in [0.2, 0.25) is 5.02 Å². The van der Waals surface area contributed by atoms with Gasteiger partial charge in [-0.15, -0.1) is 0 Å². The van der Waals surface area contributed by atoms with Crippen molar-refractivity contribution in [2.75, 3.05) is 11.9 Å². The molecule has 1 heterocycles. The van der Waals surface area contributed by atoms with Gasteiger partial charge in [0.15, 0.2) is 0 Å². The van der Waals surface area contributed by atoms with E-state index in [-0.39, 0.29) is 5.41 Å². The molecule has 0 bridgehead atoms. The van der Waals surface area contributed by atoms with Crippen molar-refractivity contribution in [1.29, 1.82) is 0 Å². The van der Waals surface area contributed by atoms with Crippen molar-refractivity contribution in [2.24, 2.45) is 0 Å². The zero-order chi connectivity index (χ0) is 10.9. The minimum atomic E-state index is 0.226. The number of rotatable bonds is 3. The molecule has 1 aromatic rings. The summed E-state index contributed by atoms with van der Waals surface area (Å²) in [5, 5.41) is 4.37. The maximum Gasteiger partial charge on any atom is 0.0464 e. The summed E-state index contributed by atoms with van der Waals surface area (Å²) in [5.74, 6) is 0. The Morgan fingerprint density at radius 2 is 2.27 bits per heavy atom. The van der Waals surface area contributed by atoms with E-state index in [0.29, 0.717) is 0 Å². The highest BCUT2D eigenvalue weighted by molar-refractivity contribution is 6.32. The van der Waals surface area contributed by atoms with Crippen LogP contribution in [0.1, 0.15) is 38.7 Å². The zero-order valence-electron chi connectivity index (χ0n) is 9.44. The lowest BCUT2D eigenvalue weighted by atomic mass is 9.80. The quantitative estimate of drug-likeness (QED) is 0.810. The molecule has 1 aliphatic heterocycles. The smallest absolute Gasteiger partial charge is 0.0464 e. The summed E-state index contributed by atoms with van der Waals surface area (Å²) in [6, 6.07) is 6.13. The van der Waals surface area contributed by atoms with E-state index in [2.05, 4.69) is 25.2 Å². The average molecular weight is 224 g/mol. The van der Waals surface area contributed by atoms with Gasteiger partial charge in [-0.2, -0.15) is 0 Å².